The summed E-state index contributed by atoms with van der Waals surface area (Å²) in [7, 11) is -1.02. The van der Waals surface area contributed by atoms with Crippen LogP contribution >= 0.6 is 0 Å². The molecular weight excluding hydrogens is 455 g/mol. The van der Waals surface area contributed by atoms with Crippen LogP contribution in [-0.2, 0) is 9.47 Å². The maximum absolute atomic E-state index is 6.01. The van der Waals surface area contributed by atoms with Crippen molar-refractivity contribution >= 4 is 26.5 Å². The molecular formula is C23H50O2SiSn. The zero-order valence-corrected chi connectivity index (χ0v) is 23.6. The summed E-state index contributed by atoms with van der Waals surface area (Å²) in [6, 6.07) is 1.20. The molecule has 0 aliphatic heterocycles. The summed E-state index contributed by atoms with van der Waals surface area (Å²) in [4.78, 5) is 0. The Hall–Kier alpha value is 0.676. The molecule has 0 radical (unpaired) electrons. The first-order valence-corrected chi connectivity index (χ1v) is 23.3. The molecule has 4 heteroatoms. The van der Waals surface area contributed by atoms with E-state index in [-0.39, 0.29) is 6.10 Å². The van der Waals surface area contributed by atoms with Gasteiger partial charge in [-0.2, -0.15) is 0 Å². The molecule has 0 fully saturated rings. The van der Waals surface area contributed by atoms with E-state index < -0.39 is 26.5 Å². The standard InChI is InChI=1S/C11H23O2Si.3C4H9.Sn/c1-10(2)11(3)13-9-12-7-8-14(4,5)6;3*1-3-4-2;/h11H,1-2,7-9H2,3-6H3;3*1,3-4H2,2H3;. The maximum atomic E-state index is 6.01. The van der Waals surface area contributed by atoms with Crippen LogP contribution in [0.2, 0.25) is 43.4 Å². The van der Waals surface area contributed by atoms with Gasteiger partial charge in [0, 0.05) is 0 Å². The van der Waals surface area contributed by atoms with Crippen molar-refractivity contribution in [1.29, 1.82) is 0 Å². The minimum atomic E-state index is -2.15. The van der Waals surface area contributed by atoms with Gasteiger partial charge >= 0.3 is 177 Å². The molecule has 0 saturated carbocycles. The third-order valence-electron chi connectivity index (χ3n) is 5.76. The minimum absolute atomic E-state index is 0.137. The van der Waals surface area contributed by atoms with Crippen LogP contribution in [0.3, 0.4) is 0 Å². The van der Waals surface area contributed by atoms with Crippen molar-refractivity contribution in [1.82, 2.24) is 0 Å². The summed E-state index contributed by atoms with van der Waals surface area (Å²) in [6.45, 7) is 22.1. The van der Waals surface area contributed by atoms with Crippen molar-refractivity contribution in [2.24, 2.45) is 0 Å². The van der Waals surface area contributed by atoms with Crippen molar-refractivity contribution in [3.8, 4) is 0 Å². The second kappa shape index (κ2) is 15.5. The molecule has 0 heterocycles. The van der Waals surface area contributed by atoms with E-state index in [1.165, 1.54) is 54.6 Å². The summed E-state index contributed by atoms with van der Waals surface area (Å²) in [5, 5.41) is 0. The number of rotatable bonds is 18. The average molecular weight is 505 g/mol. The third-order valence-corrected chi connectivity index (χ3v) is 23.0. The Morgan fingerprint density at radius 3 is 1.81 bits per heavy atom. The van der Waals surface area contributed by atoms with E-state index in [0.29, 0.717) is 6.79 Å². The van der Waals surface area contributed by atoms with E-state index >= 15 is 0 Å². The molecule has 0 aromatic heterocycles. The fourth-order valence-electron chi connectivity index (χ4n) is 3.63. The molecule has 0 aliphatic carbocycles. The van der Waals surface area contributed by atoms with Crippen LogP contribution < -0.4 is 0 Å². The predicted octanol–water partition coefficient (Wildman–Crippen LogP) is 8.11. The number of ether oxygens (including phenoxy) is 2. The van der Waals surface area contributed by atoms with Gasteiger partial charge in [-0.05, 0) is 0 Å². The van der Waals surface area contributed by atoms with Crippen LogP contribution in [0.1, 0.15) is 66.2 Å². The Balaban J connectivity index is 4.63. The van der Waals surface area contributed by atoms with E-state index in [1.54, 1.807) is 13.3 Å². The third kappa shape index (κ3) is 14.3. The van der Waals surface area contributed by atoms with Gasteiger partial charge in [0.1, 0.15) is 0 Å². The Labute approximate surface area is 176 Å². The van der Waals surface area contributed by atoms with Crippen LogP contribution in [0, 0.1) is 0 Å². The monoisotopic (exact) mass is 506 g/mol. The molecule has 0 saturated heterocycles. The van der Waals surface area contributed by atoms with Gasteiger partial charge in [0.15, 0.2) is 0 Å². The summed E-state index contributed by atoms with van der Waals surface area (Å²) in [5.74, 6) is 0. The molecule has 1 atom stereocenters. The Morgan fingerprint density at radius 2 is 1.41 bits per heavy atom. The Morgan fingerprint density at radius 1 is 0.926 bits per heavy atom. The quantitative estimate of drug-likeness (QED) is 0.0811. The molecule has 162 valence electrons. The van der Waals surface area contributed by atoms with E-state index in [9.17, 15) is 0 Å². The van der Waals surface area contributed by atoms with Crippen molar-refractivity contribution < 1.29 is 9.47 Å². The fraction of sp³-hybridized carbons (Fsp3) is 0.913. The van der Waals surface area contributed by atoms with Gasteiger partial charge in [-0.15, -0.1) is 0 Å². The zero-order chi connectivity index (χ0) is 20.8. The van der Waals surface area contributed by atoms with Crippen molar-refractivity contribution in [2.45, 2.75) is 116 Å². The molecule has 0 spiro atoms. The van der Waals surface area contributed by atoms with Gasteiger partial charge in [-0.25, -0.2) is 0 Å². The number of hydrogen-bond donors (Lipinski definition) is 0. The van der Waals surface area contributed by atoms with E-state index in [1.807, 2.05) is 0 Å². The van der Waals surface area contributed by atoms with Gasteiger partial charge in [0.25, 0.3) is 0 Å². The number of unbranched alkanes of at least 4 members (excludes halogenated alkanes) is 3. The molecule has 0 bridgehead atoms. The second-order valence-corrected chi connectivity index (χ2v) is 29.3. The molecule has 27 heavy (non-hydrogen) atoms. The van der Waals surface area contributed by atoms with Crippen LogP contribution in [0.5, 0.6) is 0 Å². The van der Waals surface area contributed by atoms with Crippen LogP contribution in [0.4, 0.5) is 0 Å². The van der Waals surface area contributed by atoms with Crippen LogP contribution in [0.15, 0.2) is 12.2 Å². The van der Waals surface area contributed by atoms with Gasteiger partial charge in [0.2, 0.25) is 0 Å². The normalized spacial score (nSPS) is 13.7. The predicted molar refractivity (Wildman–Crippen MR) is 128 cm³/mol. The molecule has 0 N–H and O–H groups in total. The zero-order valence-electron chi connectivity index (χ0n) is 19.8. The van der Waals surface area contributed by atoms with Crippen molar-refractivity contribution in [2.75, 3.05) is 13.4 Å². The van der Waals surface area contributed by atoms with Gasteiger partial charge < -0.3 is 0 Å². The first-order valence-electron chi connectivity index (χ1n) is 11.6. The van der Waals surface area contributed by atoms with Gasteiger partial charge in [0.05, 0.1) is 0 Å². The first-order chi connectivity index (χ1) is 12.7. The molecule has 0 aromatic rings. The van der Waals surface area contributed by atoms with E-state index in [2.05, 4.69) is 53.9 Å². The van der Waals surface area contributed by atoms with Crippen LogP contribution in [-0.4, -0.2) is 46.0 Å². The van der Waals surface area contributed by atoms with E-state index in [0.717, 1.165) is 6.61 Å². The van der Waals surface area contributed by atoms with Gasteiger partial charge in [-0.1, -0.05) is 0 Å². The summed E-state index contributed by atoms with van der Waals surface area (Å²) in [5.41, 5.74) is 1.35. The molecule has 2 nitrogen and oxygen atoms in total. The molecule has 1 unspecified atom stereocenters. The van der Waals surface area contributed by atoms with Crippen molar-refractivity contribution in [3.63, 3.8) is 0 Å². The molecule has 0 aliphatic rings. The fourth-order valence-corrected chi connectivity index (χ4v) is 21.1. The SMILES string of the molecule is C=C([CH2][Sn]([CH2]CCC)([CH2]CCC)[CH2]CCC)C(C)OCOCC[Si](C)(C)C. The average Bonchev–Trinajstić information content (AvgIpc) is 2.61. The molecule has 0 aromatic carbocycles. The van der Waals surface area contributed by atoms with E-state index in [4.69, 9.17) is 9.47 Å². The molecule has 0 rings (SSSR count). The Kier molecular flexibility index (Phi) is 15.9. The second-order valence-electron chi connectivity index (χ2n) is 9.79. The summed E-state index contributed by atoms with van der Waals surface area (Å²) < 4.78 is 17.7. The first kappa shape index (κ1) is 27.7. The Bertz CT molecular complexity index is 357. The van der Waals surface area contributed by atoms with Crippen LogP contribution in [0.25, 0.3) is 0 Å². The topological polar surface area (TPSA) is 18.5 Å². The van der Waals surface area contributed by atoms with Crippen molar-refractivity contribution in [3.05, 3.63) is 12.2 Å². The van der Waals surface area contributed by atoms with Gasteiger partial charge in [-0.3, -0.25) is 0 Å². The summed E-state index contributed by atoms with van der Waals surface area (Å²) in [6.07, 6.45) is 8.41. The molecule has 0 amide bonds. The number of hydrogen-bond acceptors (Lipinski definition) is 2. The summed E-state index contributed by atoms with van der Waals surface area (Å²) >= 11 is -2.15.